The van der Waals surface area contributed by atoms with Crippen LogP contribution in [0.3, 0.4) is 0 Å². The molecule has 6 heteroatoms. The van der Waals surface area contributed by atoms with Crippen LogP contribution in [0.1, 0.15) is 0 Å². The minimum absolute atomic E-state index is 0.253. The van der Waals surface area contributed by atoms with Crippen molar-refractivity contribution < 1.29 is 0 Å². The Bertz CT molecular complexity index is 648. The lowest BCUT2D eigenvalue weighted by Crippen LogP contribution is -1.94. The fourth-order valence-electron chi connectivity index (χ4n) is 1.62. The Kier molecular flexibility index (Phi) is 2.70. The molecule has 0 aliphatic heterocycles. The molecule has 0 fully saturated rings. The average molecular weight is 255 g/mol. The van der Waals surface area contributed by atoms with E-state index < -0.39 is 0 Å². The molecule has 5 nitrogen and oxygen atoms in total. The molecule has 0 unspecified atom stereocenters. The molecule has 3 rings (SSSR count). The summed E-state index contributed by atoms with van der Waals surface area (Å²) in [5.41, 5.74) is 8.16. The van der Waals surface area contributed by atoms with Gasteiger partial charge in [0.25, 0.3) is 0 Å². The molecule has 0 radical (unpaired) electrons. The Morgan fingerprint density at radius 2 is 1.67 bits per heavy atom. The van der Waals surface area contributed by atoms with Crippen LogP contribution < -0.4 is 5.73 Å². The lowest BCUT2D eigenvalue weighted by Gasteiger charge is -2.00. The lowest BCUT2D eigenvalue weighted by molar-refractivity contribution is 1.13. The summed E-state index contributed by atoms with van der Waals surface area (Å²) in [4.78, 5) is 8.95. The zero-order chi connectivity index (χ0) is 12.4. The highest BCUT2D eigenvalue weighted by Gasteiger charge is 2.12. The first-order valence-electron chi connectivity index (χ1n) is 5.30. The van der Waals surface area contributed by atoms with Gasteiger partial charge in [-0.3, -0.25) is 0 Å². The van der Waals surface area contributed by atoms with Crippen LogP contribution in [0.5, 0.6) is 0 Å². The summed E-state index contributed by atoms with van der Waals surface area (Å²) in [6.45, 7) is 0. The highest BCUT2D eigenvalue weighted by molar-refractivity contribution is 7.09. The number of benzene rings is 1. The summed E-state index contributed by atoms with van der Waals surface area (Å²) < 4.78 is 4.00. The van der Waals surface area contributed by atoms with Crippen molar-refractivity contribution in [1.82, 2.24) is 19.6 Å². The van der Waals surface area contributed by atoms with Gasteiger partial charge in [0, 0.05) is 18.0 Å². The maximum absolute atomic E-state index is 5.47. The van der Waals surface area contributed by atoms with Gasteiger partial charge in [-0.1, -0.05) is 34.8 Å². The Balaban J connectivity index is 2.10. The van der Waals surface area contributed by atoms with Crippen LogP contribution in [0.25, 0.3) is 21.7 Å². The van der Waals surface area contributed by atoms with Crippen molar-refractivity contribution in [3.8, 4) is 21.7 Å². The molecule has 0 spiro atoms. The van der Waals surface area contributed by atoms with E-state index in [0.29, 0.717) is 0 Å². The molecule has 0 atom stereocenters. The zero-order valence-electron chi connectivity index (χ0n) is 9.32. The Morgan fingerprint density at radius 1 is 0.944 bits per heavy atom. The van der Waals surface area contributed by atoms with E-state index in [1.54, 1.807) is 12.4 Å². The van der Waals surface area contributed by atoms with Crippen molar-refractivity contribution in [1.29, 1.82) is 0 Å². The molecule has 88 valence electrons. The quantitative estimate of drug-likeness (QED) is 0.759. The van der Waals surface area contributed by atoms with Crippen LogP contribution in [0.15, 0.2) is 42.7 Å². The lowest BCUT2D eigenvalue weighted by atomic mass is 10.1. The number of rotatable bonds is 2. The van der Waals surface area contributed by atoms with E-state index >= 15 is 0 Å². The third kappa shape index (κ3) is 1.93. The van der Waals surface area contributed by atoms with E-state index in [0.717, 1.165) is 21.7 Å². The van der Waals surface area contributed by atoms with Crippen LogP contribution in [-0.2, 0) is 0 Å². The molecule has 0 saturated carbocycles. The molecular formula is C12H9N5S. The van der Waals surface area contributed by atoms with Gasteiger partial charge in [0.05, 0.1) is 4.88 Å². The van der Waals surface area contributed by atoms with Crippen LogP contribution in [0.4, 0.5) is 5.95 Å². The van der Waals surface area contributed by atoms with Gasteiger partial charge in [0.2, 0.25) is 5.95 Å². The number of hydrogen-bond donors (Lipinski definition) is 1. The van der Waals surface area contributed by atoms with Crippen LogP contribution in [-0.4, -0.2) is 19.6 Å². The van der Waals surface area contributed by atoms with Crippen molar-refractivity contribution in [2.24, 2.45) is 0 Å². The summed E-state index contributed by atoms with van der Waals surface area (Å²) in [6, 6.07) is 9.99. The molecule has 2 N–H and O–H groups in total. The largest absolute Gasteiger partial charge is 0.368 e. The van der Waals surface area contributed by atoms with Crippen LogP contribution in [0, 0.1) is 0 Å². The van der Waals surface area contributed by atoms with Crippen molar-refractivity contribution in [3.05, 3.63) is 42.7 Å². The van der Waals surface area contributed by atoms with E-state index in [1.165, 1.54) is 11.5 Å². The summed E-state index contributed by atoms with van der Waals surface area (Å²) >= 11 is 1.35. The predicted octanol–water partition coefficient (Wildman–Crippen LogP) is 2.24. The fraction of sp³-hybridized carbons (Fsp3) is 0. The third-order valence-corrected chi connectivity index (χ3v) is 3.24. The average Bonchev–Trinajstić information content (AvgIpc) is 2.90. The summed E-state index contributed by atoms with van der Waals surface area (Å²) in [5.74, 6) is 0.253. The number of nitrogens with two attached hydrogens (primary N) is 1. The molecule has 0 aliphatic rings. The fourth-order valence-corrected chi connectivity index (χ4v) is 2.31. The summed E-state index contributed by atoms with van der Waals surface area (Å²) in [5, 5.41) is 4.14. The molecule has 2 aromatic heterocycles. The first-order chi connectivity index (χ1) is 8.84. The Labute approximate surface area is 108 Å². The standard InChI is InChI=1S/C12H9N5S/c13-12-14-6-9(7-15-12)10-11(18-17-16-10)8-4-2-1-3-5-8/h1-7H,(H2,13,14,15). The van der Waals surface area contributed by atoms with E-state index in [1.807, 2.05) is 30.3 Å². The van der Waals surface area contributed by atoms with E-state index in [4.69, 9.17) is 5.73 Å². The zero-order valence-corrected chi connectivity index (χ0v) is 10.1. The molecule has 2 heterocycles. The highest BCUT2D eigenvalue weighted by atomic mass is 32.1. The second kappa shape index (κ2) is 4.50. The maximum Gasteiger partial charge on any atom is 0.219 e. The summed E-state index contributed by atoms with van der Waals surface area (Å²) in [7, 11) is 0. The van der Waals surface area contributed by atoms with Crippen molar-refractivity contribution >= 4 is 17.5 Å². The SMILES string of the molecule is Nc1ncc(-c2nnsc2-c2ccccc2)cn1. The smallest absolute Gasteiger partial charge is 0.219 e. The molecule has 3 aromatic rings. The number of anilines is 1. The van der Waals surface area contributed by atoms with Crippen LogP contribution in [0.2, 0.25) is 0 Å². The second-order valence-electron chi connectivity index (χ2n) is 3.65. The minimum Gasteiger partial charge on any atom is -0.368 e. The molecular weight excluding hydrogens is 246 g/mol. The van der Waals surface area contributed by atoms with Gasteiger partial charge >= 0.3 is 0 Å². The monoisotopic (exact) mass is 255 g/mol. The van der Waals surface area contributed by atoms with Gasteiger partial charge in [-0.25, -0.2) is 9.97 Å². The van der Waals surface area contributed by atoms with E-state index in [9.17, 15) is 0 Å². The normalized spacial score (nSPS) is 10.4. The Morgan fingerprint density at radius 3 is 2.39 bits per heavy atom. The molecule has 18 heavy (non-hydrogen) atoms. The molecule has 0 saturated heterocycles. The topological polar surface area (TPSA) is 77.6 Å². The molecule has 0 aliphatic carbocycles. The maximum atomic E-state index is 5.47. The molecule has 1 aromatic carbocycles. The minimum atomic E-state index is 0.253. The van der Waals surface area contributed by atoms with Crippen molar-refractivity contribution in [2.45, 2.75) is 0 Å². The number of nitrogen functional groups attached to an aromatic ring is 1. The van der Waals surface area contributed by atoms with Crippen molar-refractivity contribution in [2.75, 3.05) is 5.73 Å². The van der Waals surface area contributed by atoms with E-state index in [-0.39, 0.29) is 5.95 Å². The number of nitrogens with zero attached hydrogens (tertiary/aromatic N) is 4. The number of aromatic nitrogens is 4. The first kappa shape index (κ1) is 10.8. The van der Waals surface area contributed by atoms with Gasteiger partial charge in [0.15, 0.2) is 0 Å². The first-order valence-corrected chi connectivity index (χ1v) is 6.07. The molecule has 0 bridgehead atoms. The number of hydrogen-bond acceptors (Lipinski definition) is 6. The van der Waals surface area contributed by atoms with Crippen LogP contribution >= 0.6 is 11.5 Å². The molecule has 0 amide bonds. The van der Waals surface area contributed by atoms with Gasteiger partial charge in [-0.05, 0) is 17.1 Å². The Hall–Kier alpha value is -2.34. The van der Waals surface area contributed by atoms with E-state index in [2.05, 4.69) is 19.6 Å². The van der Waals surface area contributed by atoms with Crippen molar-refractivity contribution in [3.63, 3.8) is 0 Å². The van der Waals surface area contributed by atoms with Gasteiger partial charge in [0.1, 0.15) is 5.69 Å². The van der Waals surface area contributed by atoms with Gasteiger partial charge < -0.3 is 5.73 Å². The second-order valence-corrected chi connectivity index (χ2v) is 4.40. The van der Waals surface area contributed by atoms with Gasteiger partial charge in [-0.15, -0.1) is 5.10 Å². The highest BCUT2D eigenvalue weighted by Crippen LogP contribution is 2.32. The van der Waals surface area contributed by atoms with Gasteiger partial charge in [-0.2, -0.15) is 0 Å². The predicted molar refractivity (Wildman–Crippen MR) is 70.8 cm³/mol. The third-order valence-electron chi connectivity index (χ3n) is 2.47. The summed E-state index contributed by atoms with van der Waals surface area (Å²) in [6.07, 6.45) is 3.32.